The molecule has 6 heteroatoms. The van der Waals surface area contributed by atoms with Crippen molar-refractivity contribution >= 4 is 23.1 Å². The highest BCUT2D eigenvalue weighted by atomic mass is 16.1. The molecule has 33 heavy (non-hydrogen) atoms. The van der Waals surface area contributed by atoms with Gasteiger partial charge >= 0.3 is 0 Å². The first-order valence-corrected chi connectivity index (χ1v) is 11.4. The highest BCUT2D eigenvalue weighted by molar-refractivity contribution is 6.07. The predicted molar refractivity (Wildman–Crippen MR) is 131 cm³/mol. The molecule has 1 saturated carbocycles. The number of carbonyl (C=O) groups excluding carboxylic acids is 2. The smallest absolute Gasteiger partial charge is 0.255 e. The molecule has 0 atom stereocenters. The Balaban J connectivity index is 1.25. The van der Waals surface area contributed by atoms with Crippen LogP contribution < -0.4 is 21.9 Å². The summed E-state index contributed by atoms with van der Waals surface area (Å²) in [7, 11) is 0. The largest absolute Gasteiger partial charge is 0.397 e. The molecule has 0 unspecified atom stereocenters. The van der Waals surface area contributed by atoms with E-state index in [1.54, 1.807) is 30.3 Å². The van der Waals surface area contributed by atoms with E-state index in [1.165, 1.54) is 0 Å². The van der Waals surface area contributed by atoms with Crippen LogP contribution in [0.15, 0.2) is 72.8 Å². The summed E-state index contributed by atoms with van der Waals surface area (Å²) in [6.45, 7) is 0.983. The van der Waals surface area contributed by atoms with Gasteiger partial charge in [-0.3, -0.25) is 20.4 Å². The Labute approximate surface area is 193 Å². The molecule has 2 aliphatic rings. The highest BCUT2D eigenvalue weighted by Gasteiger charge is 2.41. The molecule has 0 radical (unpaired) electrons. The molecule has 0 bridgehead atoms. The first-order chi connectivity index (χ1) is 16.0. The lowest BCUT2D eigenvalue weighted by molar-refractivity contribution is 0.0687. The predicted octanol–water partition coefficient (Wildman–Crippen LogP) is 4.41. The number of hydrogen-bond acceptors (Lipinski definition) is 5. The van der Waals surface area contributed by atoms with Crippen LogP contribution in [0.1, 0.15) is 46.4 Å². The summed E-state index contributed by atoms with van der Waals surface area (Å²) < 4.78 is 0. The molecule has 2 fully saturated rings. The first kappa shape index (κ1) is 21.4. The molecule has 5 rings (SSSR count). The van der Waals surface area contributed by atoms with Gasteiger partial charge in [-0.05, 0) is 61.1 Å². The van der Waals surface area contributed by atoms with Gasteiger partial charge in [-0.2, -0.15) is 0 Å². The van der Waals surface area contributed by atoms with Gasteiger partial charge in [-0.15, -0.1) is 0 Å². The van der Waals surface area contributed by atoms with Crippen molar-refractivity contribution in [2.24, 2.45) is 5.92 Å². The van der Waals surface area contributed by atoms with E-state index in [9.17, 15) is 9.59 Å². The third-order valence-corrected chi connectivity index (χ3v) is 6.93. The SMILES string of the molecule is Nc1ccc(-c2ccccc2)cc1NC(=O)c1ccc(C(=O)C2CCC3(CC2)CNN3)cc1. The summed E-state index contributed by atoms with van der Waals surface area (Å²) >= 11 is 0. The van der Waals surface area contributed by atoms with Gasteiger partial charge in [0.1, 0.15) is 0 Å². The Morgan fingerprint density at radius 1 is 0.879 bits per heavy atom. The molecular weight excluding hydrogens is 412 g/mol. The van der Waals surface area contributed by atoms with Gasteiger partial charge < -0.3 is 11.1 Å². The number of hydrazine groups is 1. The Kier molecular flexibility index (Phi) is 5.70. The fourth-order valence-electron chi connectivity index (χ4n) is 4.76. The summed E-state index contributed by atoms with van der Waals surface area (Å²) in [4.78, 5) is 25.8. The topological polar surface area (TPSA) is 96.2 Å². The summed E-state index contributed by atoms with van der Waals surface area (Å²) in [6, 6.07) is 22.5. The van der Waals surface area contributed by atoms with Crippen molar-refractivity contribution in [1.82, 2.24) is 10.9 Å². The minimum Gasteiger partial charge on any atom is -0.397 e. The normalized spacial score (nSPS) is 21.9. The van der Waals surface area contributed by atoms with Gasteiger partial charge in [-0.1, -0.05) is 48.5 Å². The van der Waals surface area contributed by atoms with Gasteiger partial charge in [0.2, 0.25) is 0 Å². The second-order valence-corrected chi connectivity index (χ2v) is 9.10. The van der Waals surface area contributed by atoms with E-state index < -0.39 is 0 Å². The molecule has 1 saturated heterocycles. The van der Waals surface area contributed by atoms with Crippen LogP contribution in [0.25, 0.3) is 11.1 Å². The molecule has 168 valence electrons. The Morgan fingerprint density at radius 2 is 1.55 bits per heavy atom. The van der Waals surface area contributed by atoms with Gasteiger partial charge in [0.25, 0.3) is 5.91 Å². The van der Waals surface area contributed by atoms with Crippen molar-refractivity contribution in [3.05, 3.63) is 83.9 Å². The third-order valence-electron chi connectivity index (χ3n) is 6.93. The molecular formula is C27H28N4O2. The van der Waals surface area contributed by atoms with Crippen LogP contribution in [0.3, 0.4) is 0 Å². The Hall–Kier alpha value is -3.48. The number of nitrogen functional groups attached to an aromatic ring is 1. The average molecular weight is 441 g/mol. The summed E-state index contributed by atoms with van der Waals surface area (Å²) in [5.41, 5.74) is 17.0. The molecule has 1 amide bonds. The molecule has 6 nitrogen and oxygen atoms in total. The highest BCUT2D eigenvalue weighted by Crippen LogP contribution is 2.35. The van der Waals surface area contributed by atoms with Gasteiger partial charge in [0.15, 0.2) is 5.78 Å². The van der Waals surface area contributed by atoms with Gasteiger partial charge in [0.05, 0.1) is 11.4 Å². The maximum absolute atomic E-state index is 13.0. The molecule has 1 aliphatic carbocycles. The zero-order valence-electron chi connectivity index (χ0n) is 18.4. The van der Waals surface area contributed by atoms with Crippen LogP contribution in [0.2, 0.25) is 0 Å². The van der Waals surface area contributed by atoms with Crippen LogP contribution in [0.5, 0.6) is 0 Å². The Morgan fingerprint density at radius 3 is 2.18 bits per heavy atom. The standard InChI is InChI=1S/C27H28N4O2/c28-23-11-10-22(18-4-2-1-3-5-18)16-24(23)30-26(33)21-8-6-19(7-9-21)25(32)20-12-14-27(15-13-20)17-29-31-27/h1-11,16,20,29,31H,12-15,17,28H2,(H,30,33). The third kappa shape index (κ3) is 4.40. The van der Waals surface area contributed by atoms with Gasteiger partial charge in [-0.25, -0.2) is 0 Å². The number of benzene rings is 3. The van der Waals surface area contributed by atoms with Crippen molar-refractivity contribution < 1.29 is 9.59 Å². The Bertz CT molecular complexity index is 1160. The zero-order chi connectivity index (χ0) is 22.8. The maximum Gasteiger partial charge on any atom is 0.255 e. The van der Waals surface area contributed by atoms with Crippen LogP contribution >= 0.6 is 0 Å². The number of anilines is 2. The van der Waals surface area contributed by atoms with E-state index in [0.29, 0.717) is 22.5 Å². The number of rotatable bonds is 5. The number of Topliss-reactive ketones (excluding diaryl/α,β-unsaturated/α-hetero) is 1. The van der Waals surface area contributed by atoms with Gasteiger partial charge in [0, 0.05) is 29.1 Å². The summed E-state index contributed by atoms with van der Waals surface area (Å²) in [5, 5.41) is 2.91. The fourth-order valence-corrected chi connectivity index (χ4v) is 4.76. The van der Waals surface area contributed by atoms with Crippen molar-refractivity contribution in [2.75, 3.05) is 17.6 Å². The first-order valence-electron chi connectivity index (χ1n) is 11.4. The molecule has 1 spiro atoms. The number of hydrogen-bond donors (Lipinski definition) is 4. The monoisotopic (exact) mass is 440 g/mol. The summed E-state index contributed by atoms with van der Waals surface area (Å²) in [5.74, 6) is -0.0313. The van der Waals surface area contributed by atoms with Crippen LogP contribution in [-0.4, -0.2) is 23.8 Å². The molecule has 1 heterocycles. The van der Waals surface area contributed by atoms with E-state index >= 15 is 0 Å². The van der Waals surface area contributed by atoms with Crippen LogP contribution in [0.4, 0.5) is 11.4 Å². The van der Waals surface area contributed by atoms with Crippen molar-refractivity contribution in [2.45, 2.75) is 31.2 Å². The van der Waals surface area contributed by atoms with E-state index in [1.807, 2.05) is 42.5 Å². The van der Waals surface area contributed by atoms with Crippen LogP contribution in [-0.2, 0) is 0 Å². The number of carbonyl (C=O) groups is 2. The summed E-state index contributed by atoms with van der Waals surface area (Å²) in [6.07, 6.45) is 3.82. The van der Waals surface area contributed by atoms with Crippen molar-refractivity contribution in [1.29, 1.82) is 0 Å². The quantitative estimate of drug-likeness (QED) is 0.348. The average Bonchev–Trinajstić information content (AvgIpc) is 2.84. The van der Waals surface area contributed by atoms with Crippen molar-refractivity contribution in [3.63, 3.8) is 0 Å². The molecule has 0 aromatic heterocycles. The lowest BCUT2D eigenvalue weighted by Crippen LogP contribution is -2.70. The van der Waals surface area contributed by atoms with E-state index in [4.69, 9.17) is 5.73 Å². The maximum atomic E-state index is 13.0. The second kappa shape index (κ2) is 8.81. The molecule has 5 N–H and O–H groups in total. The number of ketones is 1. The number of nitrogens with one attached hydrogen (secondary N) is 3. The lowest BCUT2D eigenvalue weighted by atomic mass is 9.73. The lowest BCUT2D eigenvalue weighted by Gasteiger charge is -2.47. The van der Waals surface area contributed by atoms with Crippen molar-refractivity contribution in [3.8, 4) is 11.1 Å². The molecule has 3 aromatic carbocycles. The molecule has 3 aromatic rings. The fraction of sp³-hybridized carbons (Fsp3) is 0.259. The van der Waals surface area contributed by atoms with E-state index in [-0.39, 0.29) is 23.1 Å². The van der Waals surface area contributed by atoms with E-state index in [2.05, 4.69) is 16.2 Å². The number of nitrogens with two attached hydrogens (primary N) is 1. The molecule has 1 aliphatic heterocycles. The van der Waals surface area contributed by atoms with Crippen LogP contribution in [0, 0.1) is 5.92 Å². The minimum absolute atomic E-state index is 0.0539. The second-order valence-electron chi connectivity index (χ2n) is 9.10. The number of amides is 1. The van der Waals surface area contributed by atoms with E-state index in [0.717, 1.165) is 43.4 Å². The minimum atomic E-state index is -0.255. The zero-order valence-corrected chi connectivity index (χ0v) is 18.4.